The van der Waals surface area contributed by atoms with Gasteiger partial charge in [0, 0.05) is 19.6 Å². The first-order valence-corrected chi connectivity index (χ1v) is 10.3. The van der Waals surface area contributed by atoms with Gasteiger partial charge in [-0.2, -0.15) is 0 Å². The average Bonchev–Trinajstić information content (AvgIpc) is 2.81. The van der Waals surface area contributed by atoms with Crippen LogP contribution >= 0.6 is 11.9 Å². The van der Waals surface area contributed by atoms with Gasteiger partial charge in [-0.05, 0) is 74.7 Å². The van der Waals surface area contributed by atoms with E-state index in [0.29, 0.717) is 0 Å². The lowest BCUT2D eigenvalue weighted by Gasteiger charge is -2.26. The van der Waals surface area contributed by atoms with Crippen molar-refractivity contribution < 1.29 is 4.74 Å². The molecule has 0 N–H and O–H groups in total. The summed E-state index contributed by atoms with van der Waals surface area (Å²) in [6.07, 6.45) is 9.89. The van der Waals surface area contributed by atoms with Crippen LogP contribution in [-0.2, 0) is 13.0 Å². The van der Waals surface area contributed by atoms with Gasteiger partial charge in [-0.25, -0.2) is 4.31 Å². The van der Waals surface area contributed by atoms with Crippen LogP contribution < -0.4 is 4.74 Å². The van der Waals surface area contributed by atoms with Gasteiger partial charge in [0.05, 0.1) is 6.61 Å². The Morgan fingerprint density at radius 2 is 1.91 bits per heavy atom. The molecule has 3 rings (SSSR count). The SMILES string of the molecule is CSN1CCCc2cc(OCCCN3CCCCC3)ccc2C1. The van der Waals surface area contributed by atoms with Gasteiger partial charge < -0.3 is 9.64 Å². The van der Waals surface area contributed by atoms with Gasteiger partial charge in [-0.15, -0.1) is 0 Å². The molecule has 1 aromatic rings. The van der Waals surface area contributed by atoms with Gasteiger partial charge in [-0.1, -0.05) is 24.4 Å². The second kappa shape index (κ2) is 8.95. The zero-order valence-corrected chi connectivity index (χ0v) is 15.2. The number of rotatable bonds is 6. The lowest BCUT2D eigenvalue weighted by molar-refractivity contribution is 0.205. The highest BCUT2D eigenvalue weighted by molar-refractivity contribution is 7.96. The molecular formula is C19H30N2OS. The molecule has 2 heterocycles. The Balaban J connectivity index is 1.46. The number of hydrogen-bond donors (Lipinski definition) is 0. The molecule has 3 nitrogen and oxygen atoms in total. The van der Waals surface area contributed by atoms with Crippen molar-refractivity contribution in [2.45, 2.75) is 45.1 Å². The van der Waals surface area contributed by atoms with Crippen molar-refractivity contribution in [2.24, 2.45) is 0 Å². The summed E-state index contributed by atoms with van der Waals surface area (Å²) in [6, 6.07) is 6.70. The summed E-state index contributed by atoms with van der Waals surface area (Å²) in [5, 5.41) is 0. The van der Waals surface area contributed by atoms with E-state index in [1.807, 2.05) is 11.9 Å². The van der Waals surface area contributed by atoms with Crippen LogP contribution in [0.15, 0.2) is 18.2 Å². The molecule has 2 aliphatic rings. The molecule has 0 amide bonds. The smallest absolute Gasteiger partial charge is 0.119 e. The Bertz CT molecular complexity index is 488. The number of aryl methyl sites for hydroxylation is 1. The standard InChI is InChI=1S/C19H30N2OS/c1-23-21-13-5-7-17-15-19(9-8-18(17)16-21)22-14-6-12-20-10-3-2-4-11-20/h8-9,15H,2-7,10-14,16H2,1H3. The highest BCUT2D eigenvalue weighted by atomic mass is 32.2. The van der Waals surface area contributed by atoms with Gasteiger partial charge in [-0.3, -0.25) is 0 Å². The minimum atomic E-state index is 0.840. The molecule has 4 heteroatoms. The molecule has 0 saturated carbocycles. The first-order valence-electron chi connectivity index (χ1n) is 9.11. The number of likely N-dealkylation sites (tertiary alicyclic amines) is 1. The third kappa shape index (κ3) is 5.13. The molecule has 2 aliphatic heterocycles. The van der Waals surface area contributed by atoms with Crippen molar-refractivity contribution in [3.05, 3.63) is 29.3 Å². The molecular weight excluding hydrogens is 304 g/mol. The fraction of sp³-hybridized carbons (Fsp3) is 0.684. The number of hydrogen-bond acceptors (Lipinski definition) is 4. The normalized spacial score (nSPS) is 20.0. The van der Waals surface area contributed by atoms with Crippen LogP contribution in [0.1, 0.15) is 43.2 Å². The number of fused-ring (bicyclic) bond motifs is 1. The lowest BCUT2D eigenvalue weighted by Crippen LogP contribution is -2.31. The average molecular weight is 335 g/mol. The zero-order valence-electron chi connectivity index (χ0n) is 14.4. The zero-order chi connectivity index (χ0) is 15.9. The van der Waals surface area contributed by atoms with E-state index < -0.39 is 0 Å². The minimum Gasteiger partial charge on any atom is -0.494 e. The van der Waals surface area contributed by atoms with Crippen LogP contribution in [0.2, 0.25) is 0 Å². The van der Waals surface area contributed by atoms with E-state index in [9.17, 15) is 0 Å². The third-order valence-corrected chi connectivity index (χ3v) is 5.80. The van der Waals surface area contributed by atoms with Crippen LogP contribution in [-0.4, -0.2) is 48.2 Å². The quantitative estimate of drug-likeness (QED) is 0.577. The molecule has 0 aliphatic carbocycles. The number of piperidine rings is 1. The fourth-order valence-electron chi connectivity index (χ4n) is 3.61. The summed E-state index contributed by atoms with van der Waals surface area (Å²) in [6.45, 7) is 6.84. The van der Waals surface area contributed by atoms with Gasteiger partial charge in [0.2, 0.25) is 0 Å². The molecule has 0 atom stereocenters. The Kier molecular flexibility index (Phi) is 6.67. The van der Waals surface area contributed by atoms with E-state index >= 15 is 0 Å². The van der Waals surface area contributed by atoms with Crippen molar-refractivity contribution in [1.29, 1.82) is 0 Å². The fourth-order valence-corrected chi connectivity index (χ4v) is 4.19. The van der Waals surface area contributed by atoms with Crippen molar-refractivity contribution in [1.82, 2.24) is 9.21 Å². The summed E-state index contributed by atoms with van der Waals surface area (Å²) in [5.41, 5.74) is 2.95. The Morgan fingerprint density at radius 1 is 1.04 bits per heavy atom. The van der Waals surface area contributed by atoms with E-state index in [0.717, 1.165) is 25.3 Å². The van der Waals surface area contributed by atoms with Crippen molar-refractivity contribution in [3.63, 3.8) is 0 Å². The van der Waals surface area contributed by atoms with Crippen molar-refractivity contribution in [2.75, 3.05) is 39.0 Å². The number of nitrogens with zero attached hydrogens (tertiary/aromatic N) is 2. The van der Waals surface area contributed by atoms with E-state index in [2.05, 4.69) is 33.7 Å². The van der Waals surface area contributed by atoms with Crippen LogP contribution in [0.5, 0.6) is 5.75 Å². The van der Waals surface area contributed by atoms with Crippen LogP contribution in [0.4, 0.5) is 0 Å². The van der Waals surface area contributed by atoms with Crippen LogP contribution in [0.25, 0.3) is 0 Å². The first-order chi connectivity index (χ1) is 11.3. The molecule has 0 bridgehead atoms. The molecule has 0 spiro atoms. The van der Waals surface area contributed by atoms with Gasteiger partial charge in [0.15, 0.2) is 0 Å². The van der Waals surface area contributed by atoms with Gasteiger partial charge in [0.25, 0.3) is 0 Å². The molecule has 0 unspecified atom stereocenters. The summed E-state index contributed by atoms with van der Waals surface area (Å²) < 4.78 is 8.46. The monoisotopic (exact) mass is 334 g/mol. The first kappa shape index (κ1) is 17.1. The maximum absolute atomic E-state index is 6.01. The van der Waals surface area contributed by atoms with E-state index in [-0.39, 0.29) is 0 Å². The highest BCUT2D eigenvalue weighted by Gasteiger charge is 2.14. The summed E-state index contributed by atoms with van der Waals surface area (Å²) in [7, 11) is 0. The van der Waals surface area contributed by atoms with E-state index in [1.165, 1.54) is 69.4 Å². The molecule has 1 saturated heterocycles. The predicted molar refractivity (Wildman–Crippen MR) is 99.1 cm³/mol. The van der Waals surface area contributed by atoms with E-state index in [4.69, 9.17) is 4.74 Å². The van der Waals surface area contributed by atoms with E-state index in [1.54, 1.807) is 0 Å². The van der Waals surface area contributed by atoms with Crippen LogP contribution in [0.3, 0.4) is 0 Å². The molecule has 23 heavy (non-hydrogen) atoms. The Hall–Kier alpha value is -0.710. The van der Waals surface area contributed by atoms with Gasteiger partial charge in [0.1, 0.15) is 5.75 Å². The largest absolute Gasteiger partial charge is 0.494 e. The Morgan fingerprint density at radius 3 is 2.74 bits per heavy atom. The maximum atomic E-state index is 6.01. The summed E-state index contributed by atoms with van der Waals surface area (Å²) in [4.78, 5) is 2.58. The summed E-state index contributed by atoms with van der Waals surface area (Å²) >= 11 is 1.85. The Labute approximate surface area is 145 Å². The molecule has 1 aromatic carbocycles. The number of benzene rings is 1. The van der Waals surface area contributed by atoms with Crippen molar-refractivity contribution in [3.8, 4) is 5.75 Å². The van der Waals surface area contributed by atoms with Gasteiger partial charge >= 0.3 is 0 Å². The topological polar surface area (TPSA) is 15.7 Å². The number of ether oxygens (including phenoxy) is 1. The minimum absolute atomic E-state index is 0.840. The highest BCUT2D eigenvalue weighted by Crippen LogP contribution is 2.26. The molecule has 0 radical (unpaired) electrons. The third-order valence-electron chi connectivity index (χ3n) is 4.97. The molecule has 0 aromatic heterocycles. The van der Waals surface area contributed by atoms with Crippen molar-refractivity contribution >= 4 is 11.9 Å². The lowest BCUT2D eigenvalue weighted by atomic mass is 10.0. The van der Waals surface area contributed by atoms with Crippen LogP contribution in [0, 0.1) is 0 Å². The molecule has 1 fully saturated rings. The summed E-state index contributed by atoms with van der Waals surface area (Å²) in [5.74, 6) is 1.06. The second-order valence-electron chi connectivity index (χ2n) is 6.68. The second-order valence-corrected chi connectivity index (χ2v) is 7.57. The molecule has 128 valence electrons. The predicted octanol–water partition coefficient (Wildman–Crippen LogP) is 3.97. The maximum Gasteiger partial charge on any atom is 0.119 e.